The summed E-state index contributed by atoms with van der Waals surface area (Å²) in [5.74, 6) is 1.57. The number of aromatic amines is 1. The number of methoxy groups -OCH3 is 1. The van der Waals surface area contributed by atoms with Crippen molar-refractivity contribution in [2.75, 3.05) is 13.7 Å². The van der Waals surface area contributed by atoms with Crippen molar-refractivity contribution in [2.24, 2.45) is 0 Å². The van der Waals surface area contributed by atoms with Gasteiger partial charge in [-0.2, -0.15) is 5.10 Å². The van der Waals surface area contributed by atoms with Crippen molar-refractivity contribution in [3.8, 4) is 17.0 Å². The van der Waals surface area contributed by atoms with E-state index in [0.29, 0.717) is 25.3 Å². The van der Waals surface area contributed by atoms with Crippen molar-refractivity contribution in [1.29, 1.82) is 0 Å². The smallest absolute Gasteiger partial charge is 0.227 e. The molecule has 0 fully saturated rings. The molecule has 27 heavy (non-hydrogen) atoms. The molecule has 0 radical (unpaired) electrons. The standard InChI is InChI=1S/C20H22N4O3/c1-12-16(13(2)27-23-12)10-19(25)24-8-7-18-17(11-24)20(22-21-18)14-5-4-6-15(9-14)26-3/h4-6,9H,7-8,10-11H2,1-3H3,(H,21,22). The van der Waals surface area contributed by atoms with Crippen molar-refractivity contribution < 1.29 is 14.1 Å². The number of H-pyrrole nitrogens is 1. The van der Waals surface area contributed by atoms with Crippen LogP contribution in [0.1, 0.15) is 28.3 Å². The number of hydrogen-bond donors (Lipinski definition) is 1. The number of fused-ring (bicyclic) bond motifs is 1. The van der Waals surface area contributed by atoms with Crippen LogP contribution in [0, 0.1) is 13.8 Å². The van der Waals surface area contributed by atoms with E-state index in [1.54, 1.807) is 7.11 Å². The summed E-state index contributed by atoms with van der Waals surface area (Å²) in [5.41, 5.74) is 5.67. The Kier molecular flexibility index (Phi) is 4.43. The minimum absolute atomic E-state index is 0.0767. The van der Waals surface area contributed by atoms with Gasteiger partial charge in [0.15, 0.2) is 0 Å². The minimum atomic E-state index is 0.0767. The number of benzene rings is 1. The van der Waals surface area contributed by atoms with Crippen molar-refractivity contribution in [3.63, 3.8) is 0 Å². The molecular formula is C20H22N4O3. The first kappa shape index (κ1) is 17.3. The summed E-state index contributed by atoms with van der Waals surface area (Å²) in [4.78, 5) is 14.7. The van der Waals surface area contributed by atoms with Crippen molar-refractivity contribution >= 4 is 5.91 Å². The number of ether oxygens (including phenoxy) is 1. The summed E-state index contributed by atoms with van der Waals surface area (Å²) in [6, 6.07) is 7.81. The molecule has 1 amide bonds. The predicted octanol–water partition coefficient (Wildman–Crippen LogP) is 2.82. The lowest BCUT2D eigenvalue weighted by atomic mass is 10.00. The summed E-state index contributed by atoms with van der Waals surface area (Å²) < 4.78 is 10.5. The minimum Gasteiger partial charge on any atom is -0.497 e. The highest BCUT2D eigenvalue weighted by Crippen LogP contribution is 2.30. The number of aromatic nitrogens is 3. The topological polar surface area (TPSA) is 84.2 Å². The van der Waals surface area contributed by atoms with Gasteiger partial charge >= 0.3 is 0 Å². The third-order valence-corrected chi connectivity index (χ3v) is 5.14. The molecule has 0 atom stereocenters. The van der Waals surface area contributed by atoms with Crippen LogP contribution >= 0.6 is 0 Å². The Morgan fingerprint density at radius 2 is 2.22 bits per heavy atom. The van der Waals surface area contributed by atoms with E-state index in [-0.39, 0.29) is 5.91 Å². The number of rotatable bonds is 4. The van der Waals surface area contributed by atoms with Crippen molar-refractivity contribution in [3.05, 3.63) is 52.5 Å². The first-order valence-corrected chi connectivity index (χ1v) is 8.97. The molecule has 0 aliphatic carbocycles. The van der Waals surface area contributed by atoms with Gasteiger partial charge in [-0.3, -0.25) is 9.89 Å². The van der Waals surface area contributed by atoms with E-state index < -0.39 is 0 Å². The van der Waals surface area contributed by atoms with Crippen molar-refractivity contribution in [2.45, 2.75) is 33.2 Å². The molecule has 1 aliphatic rings. The molecule has 2 aromatic heterocycles. The highest BCUT2D eigenvalue weighted by atomic mass is 16.5. The van der Waals surface area contributed by atoms with Crippen LogP contribution in [0.25, 0.3) is 11.3 Å². The highest BCUT2D eigenvalue weighted by Gasteiger charge is 2.27. The first-order chi connectivity index (χ1) is 13.1. The number of nitrogens with one attached hydrogen (secondary N) is 1. The van der Waals surface area contributed by atoms with Gasteiger partial charge in [0.1, 0.15) is 11.5 Å². The molecule has 0 bridgehead atoms. The summed E-state index contributed by atoms with van der Waals surface area (Å²) >= 11 is 0. The monoisotopic (exact) mass is 366 g/mol. The lowest BCUT2D eigenvalue weighted by Gasteiger charge is -2.27. The Morgan fingerprint density at radius 3 is 2.96 bits per heavy atom. The Bertz CT molecular complexity index is 970. The fraction of sp³-hybridized carbons (Fsp3) is 0.350. The Balaban J connectivity index is 1.57. The maximum Gasteiger partial charge on any atom is 0.227 e. The van der Waals surface area contributed by atoms with Crippen LogP contribution in [0.15, 0.2) is 28.8 Å². The average Bonchev–Trinajstić information content (AvgIpc) is 3.25. The number of amides is 1. The van der Waals surface area contributed by atoms with Gasteiger partial charge in [0, 0.05) is 41.9 Å². The molecule has 0 saturated carbocycles. The number of nitrogens with zero attached hydrogens (tertiary/aromatic N) is 3. The molecular weight excluding hydrogens is 344 g/mol. The van der Waals surface area contributed by atoms with E-state index in [2.05, 4.69) is 15.4 Å². The zero-order valence-electron chi connectivity index (χ0n) is 15.7. The normalized spacial score (nSPS) is 13.5. The molecule has 3 aromatic rings. The van der Waals surface area contributed by atoms with E-state index in [9.17, 15) is 4.79 Å². The van der Waals surface area contributed by atoms with E-state index in [1.807, 2.05) is 43.0 Å². The summed E-state index contributed by atoms with van der Waals surface area (Å²) in [6.45, 7) is 4.92. The lowest BCUT2D eigenvalue weighted by Crippen LogP contribution is -2.37. The van der Waals surface area contributed by atoms with Crippen LogP contribution in [0.4, 0.5) is 0 Å². The van der Waals surface area contributed by atoms with Crippen molar-refractivity contribution in [1.82, 2.24) is 20.3 Å². The van der Waals surface area contributed by atoms with Gasteiger partial charge in [-0.05, 0) is 26.0 Å². The average molecular weight is 366 g/mol. The second-order valence-electron chi connectivity index (χ2n) is 6.81. The molecule has 7 heteroatoms. The van der Waals surface area contributed by atoms with Gasteiger partial charge in [-0.25, -0.2) is 0 Å². The van der Waals surface area contributed by atoms with Gasteiger partial charge in [0.2, 0.25) is 5.91 Å². The van der Waals surface area contributed by atoms with Crippen LogP contribution in [-0.2, 0) is 24.2 Å². The molecule has 1 N–H and O–H groups in total. The summed E-state index contributed by atoms with van der Waals surface area (Å²) in [7, 11) is 1.65. The molecule has 4 rings (SSSR count). The first-order valence-electron chi connectivity index (χ1n) is 8.97. The maximum atomic E-state index is 12.9. The largest absolute Gasteiger partial charge is 0.497 e. The third kappa shape index (κ3) is 3.20. The molecule has 0 saturated heterocycles. The lowest BCUT2D eigenvalue weighted by molar-refractivity contribution is -0.131. The number of carbonyl (C=O) groups excluding carboxylic acids is 1. The third-order valence-electron chi connectivity index (χ3n) is 5.14. The second-order valence-corrected chi connectivity index (χ2v) is 6.81. The van der Waals surface area contributed by atoms with E-state index in [0.717, 1.165) is 45.9 Å². The zero-order valence-corrected chi connectivity index (χ0v) is 15.7. The van der Waals surface area contributed by atoms with Crippen LogP contribution < -0.4 is 4.74 Å². The molecule has 1 aromatic carbocycles. The van der Waals surface area contributed by atoms with Crippen LogP contribution in [0.2, 0.25) is 0 Å². The summed E-state index contributed by atoms with van der Waals surface area (Å²) in [5, 5.41) is 11.6. The fourth-order valence-corrected chi connectivity index (χ4v) is 3.53. The molecule has 0 unspecified atom stereocenters. The van der Waals surface area contributed by atoms with Crippen LogP contribution in [-0.4, -0.2) is 39.8 Å². The summed E-state index contributed by atoms with van der Waals surface area (Å²) in [6.07, 6.45) is 1.07. The zero-order chi connectivity index (χ0) is 19.0. The van der Waals surface area contributed by atoms with Gasteiger partial charge in [0.05, 0.1) is 24.9 Å². The highest BCUT2D eigenvalue weighted by molar-refractivity contribution is 5.80. The maximum absolute atomic E-state index is 12.9. The molecule has 3 heterocycles. The van der Waals surface area contributed by atoms with Crippen LogP contribution in [0.3, 0.4) is 0 Å². The molecule has 7 nitrogen and oxygen atoms in total. The quantitative estimate of drug-likeness (QED) is 0.767. The Hall–Kier alpha value is -3.09. The van der Waals surface area contributed by atoms with E-state index >= 15 is 0 Å². The van der Waals surface area contributed by atoms with Gasteiger partial charge < -0.3 is 14.2 Å². The van der Waals surface area contributed by atoms with Gasteiger partial charge in [-0.15, -0.1) is 0 Å². The Morgan fingerprint density at radius 1 is 1.37 bits per heavy atom. The number of aryl methyl sites for hydroxylation is 2. The number of carbonyl (C=O) groups is 1. The molecule has 140 valence electrons. The molecule has 1 aliphatic heterocycles. The van der Waals surface area contributed by atoms with E-state index in [1.165, 1.54) is 0 Å². The van der Waals surface area contributed by atoms with Crippen LogP contribution in [0.5, 0.6) is 5.75 Å². The van der Waals surface area contributed by atoms with Gasteiger partial charge in [-0.1, -0.05) is 17.3 Å². The van der Waals surface area contributed by atoms with Gasteiger partial charge in [0.25, 0.3) is 0 Å². The SMILES string of the molecule is COc1cccc(-c2n[nH]c3c2CN(C(=O)Cc2c(C)noc2C)CC3)c1. The van der Waals surface area contributed by atoms with E-state index in [4.69, 9.17) is 9.26 Å². The Labute approximate surface area is 157 Å². The number of hydrogen-bond acceptors (Lipinski definition) is 5. The fourth-order valence-electron chi connectivity index (χ4n) is 3.53. The second kappa shape index (κ2) is 6.90. The predicted molar refractivity (Wildman–Crippen MR) is 99.4 cm³/mol. The molecule has 0 spiro atoms.